The molecule has 0 radical (unpaired) electrons. The molecule has 0 aliphatic heterocycles. The van der Waals surface area contributed by atoms with Gasteiger partial charge in [0.2, 0.25) is 0 Å². The van der Waals surface area contributed by atoms with E-state index in [-0.39, 0.29) is 5.97 Å². The first-order valence-electron chi connectivity index (χ1n) is 2.35. The Balaban J connectivity index is 2.21. The highest BCUT2D eigenvalue weighted by Gasteiger charge is 2.00. The monoisotopic (exact) mass is 117 g/mol. The van der Waals surface area contributed by atoms with Gasteiger partial charge in [-0.15, -0.1) is 0 Å². The average Bonchev–Trinajstić information content (AvgIpc) is 2.50. The number of carbonyl (C=O) groups excluding carboxylic acids is 1. The van der Waals surface area contributed by atoms with Crippen molar-refractivity contribution in [3.8, 4) is 0 Å². The molecule has 5 nitrogen and oxygen atoms in total. The predicted molar refractivity (Wildman–Crippen MR) is 25.0 cm³/mol. The number of H-pyrrole nitrogens is 2. The van der Waals surface area contributed by atoms with Gasteiger partial charge in [0, 0.05) is 6.42 Å². The molecule has 0 saturated heterocycles. The van der Waals surface area contributed by atoms with E-state index in [9.17, 15) is 4.79 Å². The molecule has 1 rings (SSSR count). The zero-order valence-corrected chi connectivity index (χ0v) is 4.47. The Labute approximate surface area is 45.5 Å². The molecule has 1 aromatic heterocycles. The number of hydrogen-bond donors (Lipinski definition) is 2. The molecular formula is C3H7N3O2. The zero-order chi connectivity index (χ0) is 5.98. The lowest BCUT2D eigenvalue weighted by atomic mass is 10.5. The maximum absolute atomic E-state index is 10.3. The van der Waals surface area contributed by atoms with Gasteiger partial charge in [-0.05, 0) is 4.96 Å². The smallest absolute Gasteiger partial charge is 0.303 e. The Bertz CT molecular complexity index is 152. The highest BCUT2D eigenvalue weighted by atomic mass is 16.7. The predicted octanol–water partition coefficient (Wildman–Crippen LogP) is -0.491. The second-order valence-corrected chi connectivity index (χ2v) is 1.33. The van der Waals surface area contributed by atoms with E-state index >= 15 is 0 Å². The minimum absolute atomic E-state index is 0.262. The summed E-state index contributed by atoms with van der Waals surface area (Å²) in [6, 6.07) is 0. The van der Waals surface area contributed by atoms with E-state index in [0.29, 0.717) is 6.42 Å². The summed E-state index contributed by atoms with van der Waals surface area (Å²) < 4.78 is 0. The Morgan fingerprint density at radius 3 is 2.75 bits per heavy atom. The van der Waals surface area contributed by atoms with Crippen molar-refractivity contribution in [3.05, 3.63) is 0 Å². The number of nitrogens with zero attached hydrogens (tertiary/aromatic N) is 1. The van der Waals surface area contributed by atoms with Crippen molar-refractivity contribution in [3.63, 3.8) is 0 Å². The van der Waals surface area contributed by atoms with E-state index in [1.54, 1.807) is 6.92 Å². The van der Waals surface area contributed by atoms with Crippen molar-refractivity contribution in [2.24, 2.45) is 0 Å². The van der Waals surface area contributed by atoms with Crippen LogP contribution in [-0.2, 0) is 4.79 Å². The lowest BCUT2D eigenvalue weighted by Gasteiger charge is -1.88. The molecule has 0 aliphatic carbocycles. The van der Waals surface area contributed by atoms with Gasteiger partial charge in [-0.2, -0.15) is 10.4 Å². The summed E-state index contributed by atoms with van der Waals surface area (Å²) in [5, 5.41) is 4.88. The van der Waals surface area contributed by atoms with Crippen molar-refractivity contribution < 1.29 is 9.63 Å². The number of carbonyl (C=O) groups is 1. The molecule has 0 aliphatic rings. The van der Waals surface area contributed by atoms with Crippen LogP contribution in [0.3, 0.4) is 0 Å². The summed E-state index contributed by atoms with van der Waals surface area (Å²) in [4.78, 5) is 15.9. The van der Waals surface area contributed by atoms with Gasteiger partial charge in [0.1, 0.15) is 0 Å². The third kappa shape index (κ3) is 1.18. The van der Waals surface area contributed by atoms with Crippen LogP contribution in [0, 0.1) is 0 Å². The second-order valence-electron chi connectivity index (χ2n) is 1.33. The van der Waals surface area contributed by atoms with E-state index in [4.69, 9.17) is 0 Å². The SMILES string of the molecule is CCC(=O)On1[nH][nH]1. The van der Waals surface area contributed by atoms with Gasteiger partial charge in [0.05, 0.1) is 0 Å². The number of nitrogens with one attached hydrogen (secondary N) is 2. The molecule has 2 N–H and O–H groups in total. The standard InChI is InChI=1S/C3H7N3O2/c1-2-3(7)8-6-4-5-6/h4-5H,2H2,1H3. The van der Waals surface area contributed by atoms with Crippen molar-refractivity contribution in [2.75, 3.05) is 0 Å². The molecule has 0 saturated carbocycles. The van der Waals surface area contributed by atoms with Crippen LogP contribution in [0.2, 0.25) is 0 Å². The number of rotatable bonds is 2. The van der Waals surface area contributed by atoms with Crippen LogP contribution < -0.4 is 4.84 Å². The molecule has 0 bridgehead atoms. The fraction of sp³-hybridized carbons (Fsp3) is 0.667. The van der Waals surface area contributed by atoms with Gasteiger partial charge < -0.3 is 4.84 Å². The average molecular weight is 117 g/mol. The maximum Gasteiger partial charge on any atom is 0.336 e. The van der Waals surface area contributed by atoms with Crippen LogP contribution in [0.5, 0.6) is 0 Å². The fourth-order valence-electron chi connectivity index (χ4n) is 0.232. The summed E-state index contributed by atoms with van der Waals surface area (Å²) in [5.74, 6) is -0.262. The topological polar surface area (TPSA) is 62.8 Å². The zero-order valence-electron chi connectivity index (χ0n) is 4.47. The molecule has 0 fully saturated rings. The molecule has 46 valence electrons. The molecule has 0 aromatic carbocycles. The van der Waals surface area contributed by atoms with Crippen molar-refractivity contribution in [1.82, 2.24) is 15.4 Å². The van der Waals surface area contributed by atoms with Crippen LogP contribution in [0.1, 0.15) is 13.3 Å². The van der Waals surface area contributed by atoms with E-state index < -0.39 is 0 Å². The van der Waals surface area contributed by atoms with Crippen molar-refractivity contribution in [1.29, 1.82) is 0 Å². The molecule has 1 heterocycles. The van der Waals surface area contributed by atoms with Crippen molar-refractivity contribution in [2.45, 2.75) is 13.3 Å². The Morgan fingerprint density at radius 1 is 1.75 bits per heavy atom. The summed E-state index contributed by atoms with van der Waals surface area (Å²) in [6.07, 6.45) is 0.389. The van der Waals surface area contributed by atoms with E-state index in [2.05, 4.69) is 15.3 Å². The molecule has 5 heteroatoms. The van der Waals surface area contributed by atoms with Gasteiger partial charge in [-0.1, -0.05) is 6.92 Å². The molecular weight excluding hydrogens is 110 g/mol. The molecule has 0 unspecified atom stereocenters. The number of aromatic nitrogens is 3. The quantitative estimate of drug-likeness (QED) is 0.513. The van der Waals surface area contributed by atoms with Gasteiger partial charge >= 0.3 is 5.97 Å². The summed E-state index contributed by atoms with van der Waals surface area (Å²) >= 11 is 0. The highest BCUT2D eigenvalue weighted by molar-refractivity contribution is 5.68. The van der Waals surface area contributed by atoms with Crippen LogP contribution in [0.4, 0.5) is 0 Å². The first-order chi connectivity index (χ1) is 3.83. The van der Waals surface area contributed by atoms with Gasteiger partial charge in [-0.3, -0.25) is 0 Å². The molecule has 0 amide bonds. The summed E-state index contributed by atoms with van der Waals surface area (Å²) in [6.45, 7) is 1.73. The minimum atomic E-state index is -0.262. The molecule has 0 spiro atoms. The van der Waals surface area contributed by atoms with E-state index in [0.717, 1.165) is 4.96 Å². The lowest BCUT2D eigenvalue weighted by molar-refractivity contribution is -0.144. The Kier molecular flexibility index (Phi) is 1.11. The molecule has 8 heavy (non-hydrogen) atoms. The minimum Gasteiger partial charge on any atom is -0.303 e. The van der Waals surface area contributed by atoms with Crippen LogP contribution in [0.25, 0.3) is 0 Å². The number of aromatic amines is 2. The first-order valence-corrected chi connectivity index (χ1v) is 2.35. The lowest BCUT2D eigenvalue weighted by Crippen LogP contribution is -2.13. The Morgan fingerprint density at radius 2 is 2.38 bits per heavy atom. The summed E-state index contributed by atoms with van der Waals surface area (Å²) in [7, 11) is 0. The highest BCUT2D eigenvalue weighted by Crippen LogP contribution is 1.78. The molecule has 1 aromatic rings. The third-order valence-corrected chi connectivity index (χ3v) is 0.685. The fourth-order valence-corrected chi connectivity index (χ4v) is 0.232. The van der Waals surface area contributed by atoms with E-state index in [1.165, 1.54) is 0 Å². The summed E-state index contributed by atoms with van der Waals surface area (Å²) in [5.41, 5.74) is 0. The maximum atomic E-state index is 10.3. The van der Waals surface area contributed by atoms with Crippen molar-refractivity contribution >= 4 is 5.97 Å². The van der Waals surface area contributed by atoms with Gasteiger partial charge in [-0.25, -0.2) is 4.79 Å². The number of hydrogen-bond acceptors (Lipinski definition) is 2. The van der Waals surface area contributed by atoms with E-state index in [1.807, 2.05) is 0 Å². The van der Waals surface area contributed by atoms with Crippen LogP contribution in [0.15, 0.2) is 0 Å². The van der Waals surface area contributed by atoms with Gasteiger partial charge in [0.25, 0.3) is 0 Å². The second kappa shape index (κ2) is 1.77. The normalized spacial score (nSPS) is 9.62. The van der Waals surface area contributed by atoms with Crippen LogP contribution in [-0.4, -0.2) is 21.4 Å². The Hall–Kier alpha value is -1.13. The van der Waals surface area contributed by atoms with Gasteiger partial charge in [0.15, 0.2) is 0 Å². The first kappa shape index (κ1) is 5.02. The largest absolute Gasteiger partial charge is 0.336 e. The third-order valence-electron chi connectivity index (χ3n) is 0.685. The molecule has 0 atom stereocenters. The van der Waals surface area contributed by atoms with Crippen LogP contribution >= 0.6 is 0 Å².